The standard InChI is InChI=1S/C17H11Cl3N2OS2/c18-11-7-21-16(15(20)14(11)19)17(23)22-12-3-1-2-4-13(12)25-9-10-5-6-24-8-10/h1-8H,9H2,(H,22,23). The number of carbonyl (C=O) groups is 1. The molecule has 8 heteroatoms. The molecule has 1 aromatic carbocycles. The van der Waals surface area contributed by atoms with Gasteiger partial charge in [0.25, 0.3) is 5.91 Å². The zero-order valence-electron chi connectivity index (χ0n) is 12.6. The Morgan fingerprint density at radius 3 is 2.72 bits per heavy atom. The normalized spacial score (nSPS) is 10.7. The molecule has 1 N–H and O–H groups in total. The first kappa shape index (κ1) is 18.5. The molecule has 0 atom stereocenters. The van der Waals surface area contributed by atoms with Crippen molar-refractivity contribution in [1.82, 2.24) is 4.98 Å². The number of halogens is 3. The molecule has 0 aliphatic heterocycles. The van der Waals surface area contributed by atoms with Crippen LogP contribution >= 0.6 is 57.9 Å². The van der Waals surface area contributed by atoms with Crippen LogP contribution in [-0.2, 0) is 5.75 Å². The lowest BCUT2D eigenvalue weighted by Gasteiger charge is -2.11. The summed E-state index contributed by atoms with van der Waals surface area (Å²) in [4.78, 5) is 17.5. The third-order valence-corrected chi connectivity index (χ3v) is 6.36. The molecule has 0 aliphatic rings. The summed E-state index contributed by atoms with van der Waals surface area (Å²) in [5.74, 6) is 0.384. The van der Waals surface area contributed by atoms with Crippen molar-refractivity contribution in [1.29, 1.82) is 0 Å². The molecule has 3 aromatic rings. The second-order valence-corrected chi connectivity index (χ2v) is 7.91. The van der Waals surface area contributed by atoms with Gasteiger partial charge in [0.1, 0.15) is 5.69 Å². The highest BCUT2D eigenvalue weighted by atomic mass is 35.5. The summed E-state index contributed by atoms with van der Waals surface area (Å²) in [6, 6.07) is 9.65. The van der Waals surface area contributed by atoms with E-state index in [0.717, 1.165) is 10.6 Å². The summed E-state index contributed by atoms with van der Waals surface area (Å²) in [6.45, 7) is 0. The van der Waals surface area contributed by atoms with E-state index in [2.05, 4.69) is 21.7 Å². The lowest BCUT2D eigenvalue weighted by atomic mass is 10.3. The highest BCUT2D eigenvalue weighted by molar-refractivity contribution is 7.98. The van der Waals surface area contributed by atoms with Crippen LogP contribution in [0.4, 0.5) is 5.69 Å². The molecule has 25 heavy (non-hydrogen) atoms. The number of thioether (sulfide) groups is 1. The van der Waals surface area contributed by atoms with Crippen LogP contribution in [0.5, 0.6) is 0 Å². The smallest absolute Gasteiger partial charge is 0.275 e. The van der Waals surface area contributed by atoms with Crippen molar-refractivity contribution in [3.63, 3.8) is 0 Å². The number of anilines is 1. The van der Waals surface area contributed by atoms with Crippen molar-refractivity contribution in [2.24, 2.45) is 0 Å². The van der Waals surface area contributed by atoms with Crippen LogP contribution in [0.2, 0.25) is 15.1 Å². The van der Waals surface area contributed by atoms with E-state index in [4.69, 9.17) is 34.8 Å². The maximum atomic E-state index is 12.5. The molecular weight excluding hydrogens is 419 g/mol. The Labute approximate surface area is 168 Å². The van der Waals surface area contributed by atoms with Crippen molar-refractivity contribution < 1.29 is 4.79 Å². The van der Waals surface area contributed by atoms with Gasteiger partial charge in [-0.05, 0) is 34.5 Å². The number of amides is 1. The van der Waals surface area contributed by atoms with E-state index in [-0.39, 0.29) is 20.8 Å². The summed E-state index contributed by atoms with van der Waals surface area (Å²) in [6.07, 6.45) is 1.31. The molecule has 2 aromatic heterocycles. The second kappa shape index (κ2) is 8.43. The molecule has 2 heterocycles. The van der Waals surface area contributed by atoms with Gasteiger partial charge < -0.3 is 5.32 Å². The van der Waals surface area contributed by atoms with Gasteiger partial charge in [-0.1, -0.05) is 46.9 Å². The maximum Gasteiger partial charge on any atom is 0.275 e. The molecule has 0 aliphatic carbocycles. The number of pyridine rings is 1. The van der Waals surface area contributed by atoms with Gasteiger partial charge in [-0.25, -0.2) is 4.98 Å². The van der Waals surface area contributed by atoms with Crippen molar-refractivity contribution in [2.75, 3.05) is 5.32 Å². The first-order valence-electron chi connectivity index (χ1n) is 7.10. The Kier molecular flexibility index (Phi) is 6.25. The largest absolute Gasteiger partial charge is 0.320 e. The van der Waals surface area contributed by atoms with Gasteiger partial charge in [0.05, 0.1) is 20.8 Å². The number of carbonyl (C=O) groups excluding carboxylic acids is 1. The van der Waals surface area contributed by atoms with Gasteiger partial charge in [-0.3, -0.25) is 4.79 Å². The van der Waals surface area contributed by atoms with E-state index in [1.807, 2.05) is 29.6 Å². The van der Waals surface area contributed by atoms with E-state index in [1.165, 1.54) is 11.8 Å². The number of nitrogens with one attached hydrogen (secondary N) is 1. The zero-order chi connectivity index (χ0) is 17.8. The molecule has 0 fully saturated rings. The average Bonchev–Trinajstić information content (AvgIpc) is 3.12. The van der Waals surface area contributed by atoms with Crippen LogP contribution < -0.4 is 5.32 Å². The fourth-order valence-electron chi connectivity index (χ4n) is 2.01. The van der Waals surface area contributed by atoms with Crippen molar-refractivity contribution in [2.45, 2.75) is 10.6 Å². The van der Waals surface area contributed by atoms with Gasteiger partial charge in [0.2, 0.25) is 0 Å². The maximum absolute atomic E-state index is 12.5. The summed E-state index contributed by atoms with van der Waals surface area (Å²) >= 11 is 21.2. The van der Waals surface area contributed by atoms with Crippen LogP contribution in [0.3, 0.4) is 0 Å². The summed E-state index contributed by atoms with van der Waals surface area (Å²) < 4.78 is 0. The highest BCUT2D eigenvalue weighted by Gasteiger charge is 2.18. The zero-order valence-corrected chi connectivity index (χ0v) is 16.5. The molecule has 3 nitrogen and oxygen atoms in total. The lowest BCUT2D eigenvalue weighted by Crippen LogP contribution is -2.15. The van der Waals surface area contributed by atoms with Gasteiger partial charge in [-0.2, -0.15) is 11.3 Å². The molecule has 128 valence electrons. The number of hydrogen-bond donors (Lipinski definition) is 1. The SMILES string of the molecule is O=C(Nc1ccccc1SCc1ccsc1)c1ncc(Cl)c(Cl)c1Cl. The number of hydrogen-bond acceptors (Lipinski definition) is 4. The average molecular weight is 430 g/mol. The minimum absolute atomic E-state index is 0.0358. The van der Waals surface area contributed by atoms with Gasteiger partial charge >= 0.3 is 0 Å². The Morgan fingerprint density at radius 2 is 1.96 bits per heavy atom. The van der Waals surface area contributed by atoms with Crippen LogP contribution in [0.25, 0.3) is 0 Å². The molecular formula is C17H11Cl3N2OS2. The number of thiophene rings is 1. The van der Waals surface area contributed by atoms with Crippen molar-refractivity contribution in [3.05, 3.63) is 73.6 Å². The fourth-order valence-corrected chi connectivity index (χ4v) is 4.31. The number of para-hydroxylation sites is 1. The van der Waals surface area contributed by atoms with Gasteiger partial charge in [0.15, 0.2) is 0 Å². The molecule has 0 bridgehead atoms. The molecule has 0 saturated carbocycles. The van der Waals surface area contributed by atoms with Crippen LogP contribution in [0.15, 0.2) is 52.2 Å². The van der Waals surface area contributed by atoms with E-state index >= 15 is 0 Å². The Bertz CT molecular complexity index is 901. The summed E-state index contributed by atoms with van der Waals surface area (Å²) in [5.41, 5.74) is 1.97. The summed E-state index contributed by atoms with van der Waals surface area (Å²) in [5, 5.41) is 7.34. The first-order valence-corrected chi connectivity index (χ1v) is 10.2. The minimum Gasteiger partial charge on any atom is -0.320 e. The molecule has 3 rings (SSSR count). The first-order chi connectivity index (χ1) is 12.1. The third kappa shape index (κ3) is 4.49. The minimum atomic E-state index is -0.438. The van der Waals surface area contributed by atoms with Crippen molar-refractivity contribution in [3.8, 4) is 0 Å². The number of benzene rings is 1. The number of aromatic nitrogens is 1. The molecule has 0 radical (unpaired) electrons. The number of rotatable bonds is 5. The lowest BCUT2D eigenvalue weighted by molar-refractivity contribution is 0.102. The van der Waals surface area contributed by atoms with E-state index < -0.39 is 5.91 Å². The van der Waals surface area contributed by atoms with E-state index in [1.54, 1.807) is 23.1 Å². The molecule has 1 amide bonds. The Balaban J connectivity index is 1.78. The molecule has 0 unspecified atom stereocenters. The second-order valence-electron chi connectivity index (χ2n) is 4.95. The summed E-state index contributed by atoms with van der Waals surface area (Å²) in [7, 11) is 0. The van der Waals surface area contributed by atoms with Crippen LogP contribution in [0, 0.1) is 0 Å². The van der Waals surface area contributed by atoms with E-state index in [9.17, 15) is 4.79 Å². The van der Waals surface area contributed by atoms with Gasteiger partial charge in [-0.15, -0.1) is 11.8 Å². The predicted molar refractivity (Wildman–Crippen MR) is 108 cm³/mol. The molecule has 0 saturated heterocycles. The topological polar surface area (TPSA) is 42.0 Å². The van der Waals surface area contributed by atoms with Crippen LogP contribution in [-0.4, -0.2) is 10.9 Å². The Morgan fingerprint density at radius 1 is 1.16 bits per heavy atom. The molecule has 0 spiro atoms. The number of nitrogens with zero attached hydrogens (tertiary/aromatic N) is 1. The predicted octanol–water partition coefficient (Wildman–Crippen LogP) is 6.65. The highest BCUT2D eigenvalue weighted by Crippen LogP contribution is 2.33. The monoisotopic (exact) mass is 428 g/mol. The van der Waals surface area contributed by atoms with Crippen LogP contribution in [0.1, 0.15) is 16.1 Å². The van der Waals surface area contributed by atoms with Gasteiger partial charge in [0, 0.05) is 16.8 Å². The Hall–Kier alpha value is -1.24. The quantitative estimate of drug-likeness (QED) is 0.462. The third-order valence-electron chi connectivity index (χ3n) is 3.24. The van der Waals surface area contributed by atoms with E-state index in [0.29, 0.717) is 5.69 Å². The van der Waals surface area contributed by atoms with Crippen molar-refractivity contribution >= 4 is 69.5 Å². The fraction of sp³-hybridized carbons (Fsp3) is 0.0588.